The van der Waals surface area contributed by atoms with Crippen molar-refractivity contribution in [2.24, 2.45) is 40.4 Å². The summed E-state index contributed by atoms with van der Waals surface area (Å²) in [5.41, 5.74) is 3.76. The summed E-state index contributed by atoms with van der Waals surface area (Å²) >= 11 is 0. The minimum Gasteiger partial charge on any atom is -0.414 e. The fourth-order valence-corrected chi connectivity index (χ4v) is 10.4. The van der Waals surface area contributed by atoms with E-state index >= 15 is 0 Å². The molecule has 0 amide bonds. The van der Waals surface area contributed by atoms with Gasteiger partial charge < -0.3 is 9.53 Å². The lowest BCUT2D eigenvalue weighted by molar-refractivity contribution is -0.0675. The maximum Gasteiger partial charge on any atom is 0.192 e. The molecule has 0 saturated heterocycles. The monoisotopic (exact) mass is 514 g/mol. The van der Waals surface area contributed by atoms with Gasteiger partial charge in [-0.1, -0.05) is 84.6 Å². The van der Waals surface area contributed by atoms with Crippen molar-refractivity contribution in [3.05, 3.63) is 23.3 Å². The van der Waals surface area contributed by atoms with E-state index in [1.165, 1.54) is 38.5 Å². The molecule has 0 bridgehead atoms. The lowest BCUT2D eigenvalue weighted by Gasteiger charge is -2.58. The molecule has 3 heteroatoms. The van der Waals surface area contributed by atoms with Crippen molar-refractivity contribution >= 4 is 8.32 Å². The maximum absolute atomic E-state index is 11.9. The Morgan fingerprint density at radius 1 is 1.14 bits per heavy atom. The largest absolute Gasteiger partial charge is 0.414 e. The first-order valence-electron chi connectivity index (χ1n) is 15.4. The van der Waals surface area contributed by atoms with Crippen LogP contribution in [0.4, 0.5) is 0 Å². The summed E-state index contributed by atoms with van der Waals surface area (Å²) in [7, 11) is -1.75. The minimum absolute atomic E-state index is 0.169. The van der Waals surface area contributed by atoms with Crippen molar-refractivity contribution in [1.29, 1.82) is 0 Å². The Balaban J connectivity index is 1.55. The number of aliphatic hydroxyl groups is 1. The molecule has 4 aliphatic rings. The molecule has 3 fully saturated rings. The lowest BCUT2D eigenvalue weighted by atomic mass is 9.47. The normalized spacial score (nSPS) is 42.2. The van der Waals surface area contributed by atoms with Crippen LogP contribution in [-0.4, -0.2) is 25.6 Å². The molecule has 0 radical (unpaired) electrons. The van der Waals surface area contributed by atoms with Crippen molar-refractivity contribution in [1.82, 2.24) is 0 Å². The molecule has 1 N–H and O–H groups in total. The summed E-state index contributed by atoms with van der Waals surface area (Å²) < 4.78 is 6.92. The second-order valence-electron chi connectivity index (χ2n) is 15.5. The van der Waals surface area contributed by atoms with Crippen molar-refractivity contribution in [2.45, 2.75) is 144 Å². The zero-order valence-corrected chi connectivity index (χ0v) is 26.4. The van der Waals surface area contributed by atoms with E-state index < -0.39 is 8.32 Å². The molecule has 3 saturated carbocycles. The van der Waals surface area contributed by atoms with Crippen LogP contribution in [0.1, 0.15) is 113 Å². The van der Waals surface area contributed by atoms with Gasteiger partial charge >= 0.3 is 0 Å². The quantitative estimate of drug-likeness (QED) is 0.282. The SMILES string of the molecule is C/C=C1/[C@H](CCCC(C)C)[C@@H](O)C2[C@@H]3CC=C4C[C@@H](O[Si](C)(C)C(C)(C)C)CC[C@]4(C)[C@H]3CC[C@]12C. The molecule has 4 rings (SSSR count). The van der Waals surface area contributed by atoms with E-state index in [0.717, 1.165) is 25.2 Å². The number of rotatable bonds is 6. The van der Waals surface area contributed by atoms with E-state index in [1.54, 1.807) is 11.1 Å². The lowest BCUT2D eigenvalue weighted by Crippen LogP contribution is -2.52. The molecule has 4 aliphatic carbocycles. The molecular formula is C33H58O2Si. The third-order valence-electron chi connectivity index (χ3n) is 12.0. The number of aliphatic hydroxyl groups excluding tert-OH is 1. The smallest absolute Gasteiger partial charge is 0.192 e. The molecule has 0 heterocycles. The van der Waals surface area contributed by atoms with Crippen molar-refractivity contribution in [3.8, 4) is 0 Å². The molecule has 1 unspecified atom stereocenters. The van der Waals surface area contributed by atoms with E-state index in [2.05, 4.69) is 80.6 Å². The third kappa shape index (κ3) is 4.77. The van der Waals surface area contributed by atoms with Gasteiger partial charge in [-0.2, -0.15) is 0 Å². The van der Waals surface area contributed by atoms with Crippen LogP contribution in [0.5, 0.6) is 0 Å². The Morgan fingerprint density at radius 3 is 2.42 bits per heavy atom. The predicted octanol–water partition coefficient (Wildman–Crippen LogP) is 9.31. The fraction of sp³-hybridized carbons (Fsp3) is 0.879. The Morgan fingerprint density at radius 2 is 1.81 bits per heavy atom. The molecule has 8 atom stereocenters. The van der Waals surface area contributed by atoms with Gasteiger partial charge in [-0.15, -0.1) is 0 Å². The van der Waals surface area contributed by atoms with E-state index in [9.17, 15) is 5.11 Å². The van der Waals surface area contributed by atoms with E-state index in [0.29, 0.717) is 35.2 Å². The summed E-state index contributed by atoms with van der Waals surface area (Å²) in [6.45, 7) is 23.9. The van der Waals surface area contributed by atoms with Crippen molar-refractivity contribution in [2.75, 3.05) is 0 Å². The molecule has 206 valence electrons. The van der Waals surface area contributed by atoms with Gasteiger partial charge in [0.2, 0.25) is 0 Å². The highest BCUT2D eigenvalue weighted by Gasteiger charge is 2.62. The van der Waals surface area contributed by atoms with Gasteiger partial charge in [-0.3, -0.25) is 0 Å². The first-order valence-corrected chi connectivity index (χ1v) is 18.3. The highest BCUT2D eigenvalue weighted by atomic mass is 28.4. The Bertz CT molecular complexity index is 863. The van der Waals surface area contributed by atoms with Gasteiger partial charge in [-0.05, 0) is 105 Å². The number of fused-ring (bicyclic) bond motifs is 5. The van der Waals surface area contributed by atoms with Crippen molar-refractivity contribution < 1.29 is 9.53 Å². The number of hydrogen-bond donors (Lipinski definition) is 1. The van der Waals surface area contributed by atoms with Gasteiger partial charge in [0.1, 0.15) is 0 Å². The average Bonchev–Trinajstić information content (AvgIpc) is 2.98. The highest BCUT2D eigenvalue weighted by Crippen LogP contribution is 2.67. The molecule has 0 aromatic heterocycles. The van der Waals surface area contributed by atoms with Crippen molar-refractivity contribution in [3.63, 3.8) is 0 Å². The molecule has 0 aliphatic heterocycles. The van der Waals surface area contributed by atoms with Gasteiger partial charge in [0, 0.05) is 12.0 Å². The van der Waals surface area contributed by atoms with Crippen LogP contribution in [-0.2, 0) is 4.43 Å². The Hall–Kier alpha value is -0.383. The average molecular weight is 515 g/mol. The van der Waals surface area contributed by atoms with Crippen LogP contribution < -0.4 is 0 Å². The summed E-state index contributed by atoms with van der Waals surface area (Å²) in [4.78, 5) is 0. The topological polar surface area (TPSA) is 29.5 Å². The van der Waals surface area contributed by atoms with Gasteiger partial charge in [0.25, 0.3) is 0 Å². The van der Waals surface area contributed by atoms with E-state index in [4.69, 9.17) is 4.43 Å². The first kappa shape index (κ1) is 28.6. The fourth-order valence-electron chi connectivity index (χ4n) is 9.02. The minimum atomic E-state index is -1.75. The number of hydrogen-bond acceptors (Lipinski definition) is 2. The van der Waals surface area contributed by atoms with E-state index in [1.807, 2.05) is 0 Å². The van der Waals surface area contributed by atoms with Gasteiger partial charge in [0.05, 0.1) is 6.10 Å². The zero-order valence-electron chi connectivity index (χ0n) is 25.4. The Labute approximate surface area is 224 Å². The van der Waals surface area contributed by atoms with Gasteiger partial charge in [-0.25, -0.2) is 0 Å². The van der Waals surface area contributed by atoms with Crippen LogP contribution >= 0.6 is 0 Å². The summed E-state index contributed by atoms with van der Waals surface area (Å²) in [6.07, 6.45) is 16.3. The summed E-state index contributed by atoms with van der Waals surface area (Å²) in [6, 6.07) is 0. The summed E-state index contributed by atoms with van der Waals surface area (Å²) in [5, 5.41) is 12.2. The van der Waals surface area contributed by atoms with Crippen LogP contribution in [0.15, 0.2) is 23.3 Å². The molecule has 0 spiro atoms. The second kappa shape index (κ2) is 9.98. The molecular weight excluding hydrogens is 456 g/mol. The first-order chi connectivity index (χ1) is 16.7. The Kier molecular flexibility index (Phi) is 7.93. The molecule has 0 aromatic carbocycles. The maximum atomic E-state index is 11.9. The highest BCUT2D eigenvalue weighted by molar-refractivity contribution is 6.74. The van der Waals surface area contributed by atoms with Crippen LogP contribution in [0.25, 0.3) is 0 Å². The standard InChI is InChI=1S/C33H58O2Si/c1-11-27-26(14-12-13-22(2)3)30(34)29-25-16-15-23-21-24(35-36(9,10)31(4,5)6)17-19-32(23,7)28(25)18-20-33(27,29)8/h11,15,22,24-26,28-30,34H,12-14,16-21H2,1-10H3/b27-11-/t24-,25+,26-,28-,29?,30+,32-,33+/m0/s1. The van der Waals surface area contributed by atoms with E-state index in [-0.39, 0.29) is 16.6 Å². The molecule has 36 heavy (non-hydrogen) atoms. The van der Waals surface area contributed by atoms with Crippen LogP contribution in [0.2, 0.25) is 18.1 Å². The molecule has 2 nitrogen and oxygen atoms in total. The van der Waals surface area contributed by atoms with Crippen LogP contribution in [0, 0.1) is 40.4 Å². The zero-order chi connectivity index (χ0) is 26.7. The number of allylic oxidation sites excluding steroid dienone is 2. The second-order valence-corrected chi connectivity index (χ2v) is 20.3. The van der Waals surface area contributed by atoms with Gasteiger partial charge in [0.15, 0.2) is 8.32 Å². The molecule has 0 aromatic rings. The van der Waals surface area contributed by atoms with Crippen LogP contribution in [0.3, 0.4) is 0 Å². The summed E-state index contributed by atoms with van der Waals surface area (Å²) in [5.74, 6) is 2.87. The third-order valence-corrected chi connectivity index (χ3v) is 16.6. The predicted molar refractivity (Wildman–Crippen MR) is 156 cm³/mol.